The topological polar surface area (TPSA) is 78.5 Å². The number of nitro groups is 1. The van der Waals surface area contributed by atoms with Gasteiger partial charge in [-0.3, -0.25) is 10.1 Å². The number of aryl methyl sites for hydroxylation is 3. The van der Waals surface area contributed by atoms with Gasteiger partial charge in [-0.25, -0.2) is 4.68 Å². The second-order valence-electron chi connectivity index (χ2n) is 5.26. The lowest BCUT2D eigenvalue weighted by molar-refractivity contribution is -0.402. The molecule has 0 atom stereocenters. The van der Waals surface area contributed by atoms with Crippen LogP contribution in [0.1, 0.15) is 16.9 Å². The van der Waals surface area contributed by atoms with Crippen LogP contribution in [-0.4, -0.2) is 20.4 Å². The zero-order chi connectivity index (χ0) is 16.7. The largest absolute Gasteiger partial charge is 0.433 e. The Hall–Kier alpha value is -2.74. The van der Waals surface area contributed by atoms with Crippen molar-refractivity contribution in [2.45, 2.75) is 13.8 Å². The van der Waals surface area contributed by atoms with Gasteiger partial charge in [0.25, 0.3) is 0 Å². The van der Waals surface area contributed by atoms with Crippen LogP contribution in [0.15, 0.2) is 33.8 Å². The summed E-state index contributed by atoms with van der Waals surface area (Å²) in [6.07, 6.45) is 1.41. The summed E-state index contributed by atoms with van der Waals surface area (Å²) >= 11 is 5.42. The lowest BCUT2D eigenvalue weighted by Crippen LogP contribution is -1.92. The first kappa shape index (κ1) is 15.2. The van der Waals surface area contributed by atoms with Crippen molar-refractivity contribution in [3.05, 3.63) is 56.0 Å². The van der Waals surface area contributed by atoms with Crippen molar-refractivity contribution in [1.82, 2.24) is 9.24 Å². The average molecular weight is 330 g/mol. The van der Waals surface area contributed by atoms with Gasteiger partial charge in [0.15, 0.2) is 5.76 Å². The molecule has 1 aromatic carbocycles. The number of hydrogen-bond donors (Lipinski definition) is 0. The predicted octanol–water partition coefficient (Wildman–Crippen LogP) is 3.71. The number of rotatable bonds is 3. The van der Waals surface area contributed by atoms with Gasteiger partial charge in [0.2, 0.25) is 4.77 Å². The van der Waals surface area contributed by atoms with E-state index in [9.17, 15) is 10.1 Å². The lowest BCUT2D eigenvalue weighted by Gasteiger charge is -2.01. The van der Waals surface area contributed by atoms with Gasteiger partial charge in [-0.2, -0.15) is 5.10 Å². The average Bonchev–Trinajstić information content (AvgIpc) is 3.05. The monoisotopic (exact) mass is 330 g/mol. The van der Waals surface area contributed by atoms with Crippen molar-refractivity contribution >= 4 is 35.4 Å². The Morgan fingerprint density at radius 3 is 2.52 bits per heavy atom. The van der Waals surface area contributed by atoms with Crippen molar-refractivity contribution < 1.29 is 9.34 Å². The van der Waals surface area contributed by atoms with E-state index in [-0.39, 0.29) is 5.88 Å². The molecule has 0 fully saturated rings. The highest BCUT2D eigenvalue weighted by molar-refractivity contribution is 7.71. The fourth-order valence-corrected chi connectivity index (χ4v) is 2.55. The molecule has 0 aliphatic carbocycles. The Balaban J connectivity index is 2.10. The van der Waals surface area contributed by atoms with Gasteiger partial charge in [-0.15, -0.1) is 0 Å². The van der Waals surface area contributed by atoms with E-state index in [2.05, 4.69) is 11.2 Å². The standard InChI is InChI=1S/C15H14N4O3S/c1-9-6-12-13(7-10(9)2)18(15(23)17(12)3)16-8-11-4-5-14(22-11)19(20)21/h4-8H,1-3H3/b16-8+. The number of benzene rings is 1. The maximum absolute atomic E-state index is 10.6. The van der Waals surface area contributed by atoms with Crippen LogP contribution in [0.3, 0.4) is 0 Å². The molecule has 118 valence electrons. The quantitative estimate of drug-likeness (QED) is 0.317. The SMILES string of the molecule is Cc1cc2c(cc1C)n(/N=C/c1ccc([N+](=O)[O-])o1)c(=S)n2C. The van der Waals surface area contributed by atoms with Crippen LogP contribution in [0, 0.1) is 28.7 Å². The zero-order valence-electron chi connectivity index (χ0n) is 12.8. The van der Waals surface area contributed by atoms with E-state index in [0.29, 0.717) is 10.5 Å². The second kappa shape index (κ2) is 5.47. The highest BCUT2D eigenvalue weighted by Gasteiger charge is 2.12. The Labute approximate surface area is 136 Å². The summed E-state index contributed by atoms with van der Waals surface area (Å²) in [5.41, 5.74) is 4.15. The van der Waals surface area contributed by atoms with Crippen LogP contribution in [0.2, 0.25) is 0 Å². The van der Waals surface area contributed by atoms with E-state index < -0.39 is 4.92 Å². The van der Waals surface area contributed by atoms with E-state index in [4.69, 9.17) is 16.6 Å². The number of hydrogen-bond acceptors (Lipinski definition) is 5. The van der Waals surface area contributed by atoms with Crippen LogP contribution in [0.4, 0.5) is 5.88 Å². The second-order valence-corrected chi connectivity index (χ2v) is 5.62. The molecule has 2 aromatic heterocycles. The van der Waals surface area contributed by atoms with E-state index in [1.54, 1.807) is 4.68 Å². The molecule has 0 bridgehead atoms. The fraction of sp³-hybridized carbons (Fsp3) is 0.200. The van der Waals surface area contributed by atoms with Gasteiger partial charge >= 0.3 is 5.88 Å². The normalized spacial score (nSPS) is 11.6. The molecule has 0 N–H and O–H groups in total. The summed E-state index contributed by atoms with van der Waals surface area (Å²) < 4.78 is 9.09. The van der Waals surface area contributed by atoms with Gasteiger partial charge in [-0.1, -0.05) is 0 Å². The Morgan fingerprint density at radius 1 is 1.26 bits per heavy atom. The van der Waals surface area contributed by atoms with Crippen LogP contribution < -0.4 is 0 Å². The maximum Gasteiger partial charge on any atom is 0.433 e. The number of imidazole rings is 1. The number of fused-ring (bicyclic) bond motifs is 1. The molecule has 0 aliphatic rings. The third kappa shape index (κ3) is 2.57. The lowest BCUT2D eigenvalue weighted by atomic mass is 10.1. The van der Waals surface area contributed by atoms with Gasteiger partial charge in [0.05, 0.1) is 23.3 Å². The molecule has 0 radical (unpaired) electrons. The molecule has 3 aromatic rings. The van der Waals surface area contributed by atoms with E-state index in [1.807, 2.05) is 31.5 Å². The minimum atomic E-state index is -0.590. The van der Waals surface area contributed by atoms with E-state index in [1.165, 1.54) is 23.9 Å². The summed E-state index contributed by atoms with van der Waals surface area (Å²) in [6.45, 7) is 4.06. The molecule has 23 heavy (non-hydrogen) atoms. The number of aromatic nitrogens is 2. The molecular formula is C15H14N4O3S. The molecular weight excluding hydrogens is 316 g/mol. The fourth-order valence-electron chi connectivity index (χ4n) is 2.31. The van der Waals surface area contributed by atoms with Gasteiger partial charge < -0.3 is 8.98 Å². The van der Waals surface area contributed by atoms with Crippen molar-refractivity contribution in [2.24, 2.45) is 12.1 Å². The molecule has 2 heterocycles. The minimum absolute atomic E-state index is 0.291. The van der Waals surface area contributed by atoms with Crippen molar-refractivity contribution in [1.29, 1.82) is 0 Å². The predicted molar refractivity (Wildman–Crippen MR) is 89.6 cm³/mol. The van der Waals surface area contributed by atoms with Crippen LogP contribution in [-0.2, 0) is 7.05 Å². The highest BCUT2D eigenvalue weighted by atomic mass is 32.1. The molecule has 0 aliphatic heterocycles. The summed E-state index contributed by atoms with van der Waals surface area (Å²) in [7, 11) is 1.88. The number of nitrogens with zero attached hydrogens (tertiary/aromatic N) is 4. The van der Waals surface area contributed by atoms with Gasteiger partial charge in [-0.05, 0) is 55.4 Å². The minimum Gasteiger partial charge on any atom is -0.400 e. The molecule has 0 saturated heterocycles. The first-order valence-corrected chi connectivity index (χ1v) is 7.26. The molecule has 0 unspecified atom stereocenters. The van der Waals surface area contributed by atoms with E-state index in [0.717, 1.165) is 16.6 Å². The molecule has 8 heteroatoms. The first-order chi connectivity index (χ1) is 10.9. The Kier molecular flexibility index (Phi) is 3.61. The third-order valence-corrected chi connectivity index (χ3v) is 4.19. The molecule has 0 saturated carbocycles. The highest BCUT2D eigenvalue weighted by Crippen LogP contribution is 2.22. The van der Waals surface area contributed by atoms with Crippen LogP contribution in [0.5, 0.6) is 0 Å². The Bertz CT molecular complexity index is 1010. The zero-order valence-corrected chi connectivity index (χ0v) is 13.6. The number of furan rings is 1. The van der Waals surface area contributed by atoms with Crippen LogP contribution >= 0.6 is 12.2 Å². The van der Waals surface area contributed by atoms with Crippen molar-refractivity contribution in [3.8, 4) is 0 Å². The Morgan fingerprint density at radius 2 is 1.91 bits per heavy atom. The molecule has 7 nitrogen and oxygen atoms in total. The summed E-state index contributed by atoms with van der Waals surface area (Å²) in [5.74, 6) is -0.0288. The summed E-state index contributed by atoms with van der Waals surface area (Å²) in [4.78, 5) is 10.0. The van der Waals surface area contributed by atoms with Gasteiger partial charge in [0, 0.05) is 7.05 Å². The summed E-state index contributed by atoms with van der Waals surface area (Å²) in [6, 6.07) is 6.86. The first-order valence-electron chi connectivity index (χ1n) is 6.86. The smallest absolute Gasteiger partial charge is 0.400 e. The molecule has 0 spiro atoms. The van der Waals surface area contributed by atoms with Crippen molar-refractivity contribution in [2.75, 3.05) is 0 Å². The van der Waals surface area contributed by atoms with E-state index >= 15 is 0 Å². The maximum atomic E-state index is 10.6. The van der Waals surface area contributed by atoms with Crippen LogP contribution in [0.25, 0.3) is 11.0 Å². The molecule has 0 amide bonds. The molecule has 3 rings (SSSR count). The third-order valence-electron chi connectivity index (χ3n) is 3.74. The van der Waals surface area contributed by atoms with Crippen molar-refractivity contribution in [3.63, 3.8) is 0 Å². The summed E-state index contributed by atoms with van der Waals surface area (Å²) in [5, 5.41) is 15.0. The van der Waals surface area contributed by atoms with Gasteiger partial charge in [0.1, 0.15) is 4.92 Å².